The highest BCUT2D eigenvalue weighted by molar-refractivity contribution is 6.42. The van der Waals surface area contributed by atoms with Crippen molar-refractivity contribution in [2.45, 2.75) is 63.8 Å². The predicted octanol–water partition coefficient (Wildman–Crippen LogP) is 7.62. The number of hydrazine groups is 1. The molecule has 3 N–H and O–H groups in total. The van der Waals surface area contributed by atoms with Gasteiger partial charge in [-0.25, -0.2) is 10.4 Å². The number of rotatable bonds is 14. The molecule has 0 fully saturated rings. The third-order valence-corrected chi connectivity index (χ3v) is 8.70. The molecule has 262 valence electrons. The first-order chi connectivity index (χ1) is 24.0. The lowest BCUT2D eigenvalue weighted by Crippen LogP contribution is -2.52. The van der Waals surface area contributed by atoms with E-state index in [0.29, 0.717) is 39.9 Å². The third kappa shape index (κ3) is 9.43. The van der Waals surface area contributed by atoms with Crippen molar-refractivity contribution in [2.75, 3.05) is 13.2 Å². The lowest BCUT2D eigenvalue weighted by atomic mass is 9.83. The molecule has 0 spiro atoms. The molecule has 11 heteroatoms. The molecule has 0 saturated heterocycles. The Balaban J connectivity index is 1.50. The number of hydrogen-bond acceptors (Lipinski definition) is 8. The Morgan fingerprint density at radius 2 is 1.58 bits per heavy atom. The van der Waals surface area contributed by atoms with Gasteiger partial charge in [-0.05, 0) is 85.8 Å². The van der Waals surface area contributed by atoms with Gasteiger partial charge < -0.3 is 19.3 Å². The molecule has 0 bridgehead atoms. The highest BCUT2D eigenvalue weighted by Gasteiger charge is 2.53. The van der Waals surface area contributed by atoms with Crippen molar-refractivity contribution in [3.8, 4) is 16.9 Å². The van der Waals surface area contributed by atoms with Gasteiger partial charge in [-0.1, -0.05) is 83.9 Å². The summed E-state index contributed by atoms with van der Waals surface area (Å²) in [5.41, 5.74) is 7.71. The normalized spacial score (nSPS) is 17.1. The van der Waals surface area contributed by atoms with Crippen LogP contribution in [0, 0.1) is 0 Å². The molecule has 5 rings (SSSR count). The molecule has 4 aromatic carbocycles. The summed E-state index contributed by atoms with van der Waals surface area (Å²) in [6, 6.07) is 30.1. The number of amides is 1. The molecule has 0 aliphatic carbocycles. The van der Waals surface area contributed by atoms with Gasteiger partial charge in [0.1, 0.15) is 11.4 Å². The van der Waals surface area contributed by atoms with Crippen LogP contribution in [0.2, 0.25) is 10.0 Å². The summed E-state index contributed by atoms with van der Waals surface area (Å²) in [5.74, 6) is -0.0843. The predicted molar refractivity (Wildman–Crippen MR) is 195 cm³/mol. The summed E-state index contributed by atoms with van der Waals surface area (Å²) < 4.78 is 17.9. The van der Waals surface area contributed by atoms with Crippen molar-refractivity contribution in [2.24, 2.45) is 4.99 Å². The van der Waals surface area contributed by atoms with E-state index in [9.17, 15) is 9.59 Å². The van der Waals surface area contributed by atoms with Crippen molar-refractivity contribution in [1.29, 1.82) is 0 Å². The average molecular weight is 719 g/mol. The molecule has 1 amide bonds. The number of nitrogens with one attached hydrogen (secondary N) is 2. The fraction of sp³-hybridized carbons (Fsp3) is 0.308. The van der Waals surface area contributed by atoms with E-state index in [1.165, 1.54) is 0 Å². The van der Waals surface area contributed by atoms with Crippen LogP contribution in [0.15, 0.2) is 102 Å². The number of benzene rings is 4. The average Bonchev–Trinajstić information content (AvgIpc) is 3.50. The van der Waals surface area contributed by atoms with E-state index in [-0.39, 0.29) is 31.9 Å². The van der Waals surface area contributed by atoms with E-state index in [0.717, 1.165) is 16.7 Å². The van der Waals surface area contributed by atoms with Crippen molar-refractivity contribution in [3.63, 3.8) is 0 Å². The van der Waals surface area contributed by atoms with Gasteiger partial charge in [0.05, 0.1) is 16.7 Å². The van der Waals surface area contributed by atoms with Gasteiger partial charge in [-0.2, -0.15) is 0 Å². The van der Waals surface area contributed by atoms with Crippen molar-refractivity contribution >= 4 is 41.0 Å². The number of aliphatic hydroxyl groups excluding tert-OH is 1. The van der Waals surface area contributed by atoms with Crippen molar-refractivity contribution < 1.29 is 28.9 Å². The summed E-state index contributed by atoms with van der Waals surface area (Å²) in [6.45, 7) is 6.04. The molecule has 9 nitrogen and oxygen atoms in total. The zero-order valence-corrected chi connectivity index (χ0v) is 29.8. The minimum Gasteiger partial charge on any atom is -0.494 e. The van der Waals surface area contributed by atoms with E-state index in [4.69, 9.17) is 47.5 Å². The molecule has 50 heavy (non-hydrogen) atoms. The minimum absolute atomic E-state index is 0.000836. The summed E-state index contributed by atoms with van der Waals surface area (Å²) >= 11 is 12.3. The Hall–Kier alpha value is -4.41. The Bertz CT molecular complexity index is 1790. The minimum atomic E-state index is -1.57. The van der Waals surface area contributed by atoms with Crippen LogP contribution in [0.3, 0.4) is 0 Å². The van der Waals surface area contributed by atoms with Gasteiger partial charge in [-0.3, -0.25) is 15.0 Å². The van der Waals surface area contributed by atoms with E-state index in [2.05, 4.69) is 10.9 Å². The summed E-state index contributed by atoms with van der Waals surface area (Å²) in [5, 5.41) is 9.92. The Morgan fingerprint density at radius 3 is 2.24 bits per heavy atom. The van der Waals surface area contributed by atoms with E-state index >= 15 is 0 Å². The van der Waals surface area contributed by atoms with Crippen LogP contribution in [-0.4, -0.2) is 47.2 Å². The first kappa shape index (κ1) is 36.9. The molecule has 4 aromatic rings. The Kier molecular flexibility index (Phi) is 12.2. The maximum atomic E-state index is 14.4. The van der Waals surface area contributed by atoms with Crippen LogP contribution in [0.4, 0.5) is 0 Å². The number of ether oxygens (including phenoxy) is 3. The lowest BCUT2D eigenvalue weighted by Gasteiger charge is -2.31. The fourth-order valence-electron chi connectivity index (χ4n) is 5.52. The molecule has 0 saturated carbocycles. The summed E-state index contributed by atoms with van der Waals surface area (Å²) in [4.78, 5) is 32.5. The molecule has 0 unspecified atom stereocenters. The van der Waals surface area contributed by atoms with Gasteiger partial charge >= 0.3 is 5.97 Å². The van der Waals surface area contributed by atoms with Crippen LogP contribution in [0.1, 0.15) is 62.8 Å². The second-order valence-electron chi connectivity index (χ2n) is 12.9. The molecule has 2 atom stereocenters. The molecular weight excluding hydrogens is 677 g/mol. The van der Waals surface area contributed by atoms with Crippen LogP contribution < -0.4 is 15.6 Å². The number of aliphatic imine (C=N–C) groups is 1. The van der Waals surface area contributed by atoms with Gasteiger partial charge in [0.2, 0.25) is 5.90 Å². The van der Waals surface area contributed by atoms with E-state index in [1.54, 1.807) is 63.2 Å². The summed E-state index contributed by atoms with van der Waals surface area (Å²) in [6.07, 6.45) is -0.471. The highest BCUT2D eigenvalue weighted by atomic mass is 35.5. The maximum absolute atomic E-state index is 14.4. The van der Waals surface area contributed by atoms with Crippen LogP contribution in [0.25, 0.3) is 11.1 Å². The number of hydrogen-bond donors (Lipinski definition) is 3. The number of nitrogens with zero attached hydrogens (tertiary/aromatic N) is 1. The van der Waals surface area contributed by atoms with Gasteiger partial charge in [0, 0.05) is 31.6 Å². The smallest absolute Gasteiger partial charge is 0.306 e. The first-order valence-electron chi connectivity index (χ1n) is 16.4. The zero-order chi connectivity index (χ0) is 35.7. The monoisotopic (exact) mass is 717 g/mol. The SMILES string of the molecule is CC(C)(C)OC(=O)CC[C@]1(C(=O)NNCc2ccc(Cl)c(Cl)c2)N=C(c2ccc(OCCCO)cc2)O[C@H]1c1ccc(-c2ccccc2)cc1. The van der Waals surface area contributed by atoms with Crippen LogP contribution in [0.5, 0.6) is 5.75 Å². The zero-order valence-electron chi connectivity index (χ0n) is 28.2. The fourth-order valence-corrected chi connectivity index (χ4v) is 5.84. The first-order valence-corrected chi connectivity index (χ1v) is 17.2. The largest absolute Gasteiger partial charge is 0.494 e. The number of carbonyl (C=O) groups excluding carboxylic acids is 2. The molecule has 0 aromatic heterocycles. The topological polar surface area (TPSA) is 118 Å². The standard InChI is InChI=1S/C39H41Cl2N3O6/c1-38(2,3)50-34(46)20-21-39(37(47)44-42-25-26-10-19-32(40)33(41)24-26)35(29-13-11-28(12-14-29)27-8-5-4-6-9-27)49-36(43-39)30-15-17-31(18-16-30)48-23-7-22-45/h4-6,8-19,24,35,42,45H,7,20-23,25H2,1-3H3,(H,44,47)/t35-,39-/m0/s1. The highest BCUT2D eigenvalue weighted by Crippen LogP contribution is 2.44. The second kappa shape index (κ2) is 16.5. The Labute approximate surface area is 302 Å². The molecule has 1 aliphatic heterocycles. The van der Waals surface area contributed by atoms with Crippen LogP contribution >= 0.6 is 23.2 Å². The second-order valence-corrected chi connectivity index (χ2v) is 13.7. The van der Waals surface area contributed by atoms with Gasteiger partial charge in [0.15, 0.2) is 11.6 Å². The molecule has 1 heterocycles. The third-order valence-electron chi connectivity index (χ3n) is 7.96. The van der Waals surface area contributed by atoms with Crippen LogP contribution in [-0.2, 0) is 25.6 Å². The number of halogens is 2. The van der Waals surface area contributed by atoms with Gasteiger partial charge in [-0.15, -0.1) is 0 Å². The van der Waals surface area contributed by atoms with Gasteiger partial charge in [0.25, 0.3) is 5.91 Å². The maximum Gasteiger partial charge on any atom is 0.306 e. The number of aliphatic hydroxyl groups is 1. The quantitative estimate of drug-likeness (QED) is 0.0698. The number of esters is 1. The lowest BCUT2D eigenvalue weighted by molar-refractivity contribution is -0.155. The van der Waals surface area contributed by atoms with Crippen molar-refractivity contribution in [1.82, 2.24) is 10.9 Å². The Morgan fingerprint density at radius 1 is 0.900 bits per heavy atom. The van der Waals surface area contributed by atoms with E-state index < -0.39 is 29.1 Å². The van der Waals surface area contributed by atoms with E-state index in [1.807, 2.05) is 54.6 Å². The molecule has 0 radical (unpaired) electrons. The molecule has 1 aliphatic rings. The summed E-state index contributed by atoms with van der Waals surface area (Å²) in [7, 11) is 0. The molecular formula is C39H41Cl2N3O6. The van der Waals surface area contributed by atoms with Crippen molar-refractivity contribution in [3.05, 3.63) is 124 Å². The number of carbonyl (C=O) groups is 2.